The van der Waals surface area contributed by atoms with Crippen molar-refractivity contribution in [2.45, 2.75) is 38.8 Å². The lowest BCUT2D eigenvalue weighted by molar-refractivity contribution is -0.123. The van der Waals surface area contributed by atoms with Crippen LogP contribution in [0.4, 0.5) is 0 Å². The molecule has 1 amide bonds. The van der Waals surface area contributed by atoms with Gasteiger partial charge in [0.1, 0.15) is 5.82 Å². The molecule has 4 rings (SSSR count). The Balaban J connectivity index is 1.48. The van der Waals surface area contributed by atoms with E-state index in [9.17, 15) is 4.79 Å². The SMILES string of the molecule is CCn1c(C(C)NC(=O)C2CC2c2ccc(Cl)cc2)nc2ccccc21. The van der Waals surface area contributed by atoms with Gasteiger partial charge in [-0.2, -0.15) is 0 Å². The molecule has 1 fully saturated rings. The molecule has 3 unspecified atom stereocenters. The van der Waals surface area contributed by atoms with Crippen molar-refractivity contribution in [1.29, 1.82) is 0 Å². The summed E-state index contributed by atoms with van der Waals surface area (Å²) in [5.74, 6) is 1.35. The maximum atomic E-state index is 12.7. The van der Waals surface area contributed by atoms with E-state index < -0.39 is 0 Å². The third-order valence-electron chi connectivity index (χ3n) is 5.17. The average molecular weight is 368 g/mol. The second-order valence-corrected chi connectivity index (χ2v) is 7.37. The Bertz CT molecular complexity index is 948. The van der Waals surface area contributed by atoms with E-state index in [2.05, 4.69) is 22.9 Å². The van der Waals surface area contributed by atoms with Crippen molar-refractivity contribution in [3.8, 4) is 0 Å². The summed E-state index contributed by atoms with van der Waals surface area (Å²) < 4.78 is 2.17. The topological polar surface area (TPSA) is 46.9 Å². The lowest BCUT2D eigenvalue weighted by Gasteiger charge is -2.15. The van der Waals surface area contributed by atoms with Crippen molar-refractivity contribution in [3.05, 3.63) is 64.9 Å². The molecule has 134 valence electrons. The lowest BCUT2D eigenvalue weighted by atomic mass is 10.1. The van der Waals surface area contributed by atoms with Gasteiger partial charge in [0, 0.05) is 17.5 Å². The van der Waals surface area contributed by atoms with E-state index in [1.54, 1.807) is 0 Å². The Morgan fingerprint density at radius 1 is 1.27 bits per heavy atom. The molecule has 4 nitrogen and oxygen atoms in total. The summed E-state index contributed by atoms with van der Waals surface area (Å²) in [5, 5.41) is 3.88. The summed E-state index contributed by atoms with van der Waals surface area (Å²) in [4.78, 5) is 17.4. The molecule has 26 heavy (non-hydrogen) atoms. The third-order valence-corrected chi connectivity index (χ3v) is 5.42. The van der Waals surface area contributed by atoms with E-state index in [1.165, 1.54) is 5.56 Å². The normalized spacial score (nSPS) is 20.1. The predicted molar refractivity (Wildman–Crippen MR) is 104 cm³/mol. The number of rotatable bonds is 5. The number of fused-ring (bicyclic) bond motifs is 1. The number of carbonyl (C=O) groups excluding carboxylic acids is 1. The number of imidazole rings is 1. The lowest BCUT2D eigenvalue weighted by Crippen LogP contribution is -2.30. The molecule has 1 heterocycles. The first kappa shape index (κ1) is 17.1. The molecular formula is C21H22ClN3O. The minimum Gasteiger partial charge on any atom is -0.346 e. The maximum absolute atomic E-state index is 12.7. The fraction of sp³-hybridized carbons (Fsp3) is 0.333. The van der Waals surface area contributed by atoms with Crippen molar-refractivity contribution < 1.29 is 4.79 Å². The number of hydrogen-bond acceptors (Lipinski definition) is 2. The van der Waals surface area contributed by atoms with Gasteiger partial charge in [-0.25, -0.2) is 4.98 Å². The van der Waals surface area contributed by atoms with Gasteiger partial charge in [-0.05, 0) is 56.0 Å². The zero-order valence-electron chi connectivity index (χ0n) is 14.9. The maximum Gasteiger partial charge on any atom is 0.224 e. The molecule has 0 saturated heterocycles. The Hall–Kier alpha value is -2.33. The van der Waals surface area contributed by atoms with Crippen LogP contribution in [0.5, 0.6) is 0 Å². The van der Waals surface area contributed by atoms with Crippen LogP contribution in [-0.2, 0) is 11.3 Å². The van der Waals surface area contributed by atoms with Crippen LogP contribution in [0.15, 0.2) is 48.5 Å². The van der Waals surface area contributed by atoms with Crippen LogP contribution >= 0.6 is 11.6 Å². The van der Waals surface area contributed by atoms with Gasteiger partial charge in [0.05, 0.1) is 17.1 Å². The summed E-state index contributed by atoms with van der Waals surface area (Å²) >= 11 is 5.95. The highest BCUT2D eigenvalue weighted by Gasteiger charge is 2.44. The second kappa shape index (κ2) is 6.76. The number of benzene rings is 2. The summed E-state index contributed by atoms with van der Waals surface area (Å²) in [5.41, 5.74) is 3.26. The van der Waals surface area contributed by atoms with E-state index in [1.807, 2.05) is 49.4 Å². The smallest absolute Gasteiger partial charge is 0.224 e. The van der Waals surface area contributed by atoms with Crippen molar-refractivity contribution in [2.24, 2.45) is 5.92 Å². The molecule has 2 aromatic carbocycles. The van der Waals surface area contributed by atoms with E-state index >= 15 is 0 Å². The third kappa shape index (κ3) is 3.10. The summed E-state index contributed by atoms with van der Waals surface area (Å²) in [7, 11) is 0. The molecular weight excluding hydrogens is 346 g/mol. The van der Waals surface area contributed by atoms with Gasteiger partial charge in [-0.3, -0.25) is 4.79 Å². The Morgan fingerprint density at radius 2 is 2.00 bits per heavy atom. The van der Waals surface area contributed by atoms with Gasteiger partial charge in [0.15, 0.2) is 0 Å². The summed E-state index contributed by atoms with van der Waals surface area (Å²) in [6.45, 7) is 4.93. The molecule has 1 N–H and O–H groups in total. The molecule has 1 aliphatic rings. The van der Waals surface area contributed by atoms with Crippen LogP contribution < -0.4 is 5.32 Å². The Morgan fingerprint density at radius 3 is 2.73 bits per heavy atom. The minimum atomic E-state index is -0.124. The van der Waals surface area contributed by atoms with Gasteiger partial charge in [0.2, 0.25) is 5.91 Å². The second-order valence-electron chi connectivity index (χ2n) is 6.93. The first-order valence-electron chi connectivity index (χ1n) is 9.09. The highest BCUT2D eigenvalue weighted by atomic mass is 35.5. The van der Waals surface area contributed by atoms with Gasteiger partial charge in [0.25, 0.3) is 0 Å². The number of para-hydroxylation sites is 2. The van der Waals surface area contributed by atoms with Gasteiger partial charge >= 0.3 is 0 Å². The van der Waals surface area contributed by atoms with Crippen LogP contribution in [0.2, 0.25) is 5.02 Å². The van der Waals surface area contributed by atoms with Crippen LogP contribution in [0.25, 0.3) is 11.0 Å². The average Bonchev–Trinajstić information content (AvgIpc) is 3.35. The molecule has 1 aromatic heterocycles. The van der Waals surface area contributed by atoms with Crippen molar-refractivity contribution in [3.63, 3.8) is 0 Å². The molecule has 3 atom stereocenters. The fourth-order valence-corrected chi connectivity index (χ4v) is 3.83. The van der Waals surface area contributed by atoms with Crippen LogP contribution in [0.1, 0.15) is 43.6 Å². The highest BCUT2D eigenvalue weighted by molar-refractivity contribution is 6.30. The number of hydrogen-bond donors (Lipinski definition) is 1. The number of aryl methyl sites for hydroxylation is 1. The number of carbonyl (C=O) groups is 1. The number of nitrogens with zero attached hydrogens (tertiary/aromatic N) is 2. The number of aromatic nitrogens is 2. The van der Waals surface area contributed by atoms with Crippen molar-refractivity contribution in [2.75, 3.05) is 0 Å². The number of nitrogens with one attached hydrogen (secondary N) is 1. The molecule has 1 aliphatic carbocycles. The fourth-order valence-electron chi connectivity index (χ4n) is 3.71. The van der Waals surface area contributed by atoms with Crippen molar-refractivity contribution in [1.82, 2.24) is 14.9 Å². The Kier molecular flexibility index (Phi) is 4.45. The highest BCUT2D eigenvalue weighted by Crippen LogP contribution is 2.47. The zero-order chi connectivity index (χ0) is 18.3. The summed E-state index contributed by atoms with van der Waals surface area (Å²) in [6, 6.07) is 15.8. The van der Waals surface area contributed by atoms with Crippen LogP contribution in [0, 0.1) is 5.92 Å². The first-order valence-corrected chi connectivity index (χ1v) is 9.47. The van der Waals surface area contributed by atoms with E-state index in [0.717, 1.165) is 34.8 Å². The van der Waals surface area contributed by atoms with Gasteiger partial charge < -0.3 is 9.88 Å². The number of halogens is 1. The van der Waals surface area contributed by atoms with Crippen LogP contribution in [-0.4, -0.2) is 15.5 Å². The molecule has 0 bridgehead atoms. The number of amides is 1. The predicted octanol–water partition coefficient (Wildman–Crippen LogP) is 4.69. The van der Waals surface area contributed by atoms with E-state index in [0.29, 0.717) is 5.92 Å². The molecule has 3 aromatic rings. The molecule has 5 heteroatoms. The Labute approximate surface area is 158 Å². The molecule has 0 radical (unpaired) electrons. The van der Waals surface area contributed by atoms with Crippen LogP contribution in [0.3, 0.4) is 0 Å². The van der Waals surface area contributed by atoms with E-state index in [4.69, 9.17) is 16.6 Å². The quantitative estimate of drug-likeness (QED) is 0.711. The summed E-state index contributed by atoms with van der Waals surface area (Å²) in [6.07, 6.45) is 0.893. The monoisotopic (exact) mass is 367 g/mol. The first-order chi connectivity index (χ1) is 12.6. The van der Waals surface area contributed by atoms with Gasteiger partial charge in [-0.15, -0.1) is 0 Å². The zero-order valence-corrected chi connectivity index (χ0v) is 15.7. The standard InChI is InChI=1S/C21H22ClN3O/c1-3-25-19-7-5-4-6-18(19)24-20(25)13(2)23-21(26)17-12-16(17)14-8-10-15(22)11-9-14/h4-11,13,16-17H,3,12H2,1-2H3,(H,23,26). The molecule has 1 saturated carbocycles. The van der Waals surface area contributed by atoms with E-state index in [-0.39, 0.29) is 17.9 Å². The molecule has 0 spiro atoms. The largest absolute Gasteiger partial charge is 0.346 e. The minimum absolute atomic E-state index is 0.0399. The van der Waals surface area contributed by atoms with Gasteiger partial charge in [-0.1, -0.05) is 35.9 Å². The van der Waals surface area contributed by atoms with Crippen molar-refractivity contribution >= 4 is 28.5 Å². The molecule has 0 aliphatic heterocycles.